The molecule has 5 heteroatoms. The van der Waals surface area contributed by atoms with Crippen molar-refractivity contribution in [2.75, 3.05) is 5.32 Å². The Labute approximate surface area is 90.7 Å². The van der Waals surface area contributed by atoms with Crippen molar-refractivity contribution in [1.29, 1.82) is 0 Å². The van der Waals surface area contributed by atoms with Crippen molar-refractivity contribution in [3.05, 3.63) is 48.0 Å². The summed E-state index contributed by atoms with van der Waals surface area (Å²) in [5.74, 6) is -0.911. The molecule has 1 aromatic heterocycles. The monoisotopic (exact) mass is 220 g/mol. The third-order valence-corrected chi connectivity index (χ3v) is 2.00. The molecule has 0 saturated carbocycles. The van der Waals surface area contributed by atoms with Gasteiger partial charge in [0.15, 0.2) is 0 Å². The van der Waals surface area contributed by atoms with Crippen LogP contribution in [0.3, 0.4) is 0 Å². The van der Waals surface area contributed by atoms with Gasteiger partial charge in [-0.2, -0.15) is 0 Å². The SMILES string of the molecule is O=C(Nc1cccc(O)c1)c1cc(F)c[nH]1. The molecule has 1 heterocycles. The number of H-pyrrole nitrogens is 1. The summed E-state index contributed by atoms with van der Waals surface area (Å²) in [5.41, 5.74) is 0.570. The van der Waals surface area contributed by atoms with Gasteiger partial charge in [0.1, 0.15) is 17.3 Å². The number of carbonyl (C=O) groups is 1. The largest absolute Gasteiger partial charge is 0.508 e. The highest BCUT2D eigenvalue weighted by molar-refractivity contribution is 6.03. The van der Waals surface area contributed by atoms with Gasteiger partial charge in [0.05, 0.1) is 0 Å². The number of hydrogen-bond donors (Lipinski definition) is 3. The van der Waals surface area contributed by atoms with Gasteiger partial charge in [-0.15, -0.1) is 0 Å². The van der Waals surface area contributed by atoms with Crippen LogP contribution < -0.4 is 5.32 Å². The summed E-state index contributed by atoms with van der Waals surface area (Å²) in [6, 6.07) is 7.20. The fraction of sp³-hybridized carbons (Fsp3) is 0. The fourth-order valence-corrected chi connectivity index (χ4v) is 1.28. The number of aromatic hydroxyl groups is 1. The van der Waals surface area contributed by atoms with Crippen LogP contribution in [0.5, 0.6) is 5.75 Å². The second-order valence-corrected chi connectivity index (χ2v) is 3.24. The number of amides is 1. The number of aromatic amines is 1. The maximum absolute atomic E-state index is 12.6. The summed E-state index contributed by atoms with van der Waals surface area (Å²) in [4.78, 5) is 14.0. The molecule has 2 rings (SSSR count). The molecule has 0 saturated heterocycles. The number of hydrogen-bond acceptors (Lipinski definition) is 2. The van der Waals surface area contributed by atoms with Gasteiger partial charge >= 0.3 is 0 Å². The van der Waals surface area contributed by atoms with Crippen molar-refractivity contribution < 1.29 is 14.3 Å². The van der Waals surface area contributed by atoms with Gasteiger partial charge in [-0.1, -0.05) is 6.07 Å². The maximum Gasteiger partial charge on any atom is 0.272 e. The number of nitrogens with one attached hydrogen (secondary N) is 2. The van der Waals surface area contributed by atoms with Crippen LogP contribution in [0.15, 0.2) is 36.5 Å². The molecule has 82 valence electrons. The Morgan fingerprint density at radius 1 is 1.38 bits per heavy atom. The van der Waals surface area contributed by atoms with Crippen molar-refractivity contribution in [3.63, 3.8) is 0 Å². The number of carbonyl (C=O) groups excluding carboxylic acids is 1. The predicted octanol–water partition coefficient (Wildman–Crippen LogP) is 2.11. The fourth-order valence-electron chi connectivity index (χ4n) is 1.28. The third-order valence-electron chi connectivity index (χ3n) is 2.00. The predicted molar refractivity (Wildman–Crippen MR) is 56.8 cm³/mol. The molecule has 0 fully saturated rings. The van der Waals surface area contributed by atoms with E-state index < -0.39 is 11.7 Å². The summed E-state index contributed by atoms with van der Waals surface area (Å²) < 4.78 is 12.6. The lowest BCUT2D eigenvalue weighted by molar-refractivity contribution is 0.102. The second-order valence-electron chi connectivity index (χ2n) is 3.24. The standard InChI is InChI=1S/C11H9FN2O2/c12-7-4-10(13-6-7)11(16)14-8-2-1-3-9(15)5-8/h1-6,13,15H,(H,14,16). The van der Waals surface area contributed by atoms with Gasteiger partial charge in [0.25, 0.3) is 5.91 Å². The normalized spacial score (nSPS) is 10.1. The molecule has 4 nitrogen and oxygen atoms in total. The molecule has 0 aliphatic carbocycles. The molecular weight excluding hydrogens is 211 g/mol. The highest BCUT2D eigenvalue weighted by Crippen LogP contribution is 2.16. The molecule has 16 heavy (non-hydrogen) atoms. The van der Waals surface area contributed by atoms with Gasteiger partial charge in [-0.25, -0.2) is 4.39 Å². The summed E-state index contributed by atoms with van der Waals surface area (Å²) >= 11 is 0. The zero-order chi connectivity index (χ0) is 11.5. The minimum absolute atomic E-state index is 0.0514. The first-order valence-corrected chi connectivity index (χ1v) is 4.59. The third kappa shape index (κ3) is 2.20. The average Bonchev–Trinajstić information content (AvgIpc) is 2.65. The van der Waals surface area contributed by atoms with Crippen molar-refractivity contribution in [1.82, 2.24) is 4.98 Å². The molecule has 0 bridgehead atoms. The minimum atomic E-state index is -0.499. The topological polar surface area (TPSA) is 65.1 Å². The molecule has 0 unspecified atom stereocenters. The Morgan fingerprint density at radius 2 is 2.19 bits per heavy atom. The smallest absolute Gasteiger partial charge is 0.272 e. The molecule has 0 spiro atoms. The summed E-state index contributed by atoms with van der Waals surface area (Å²) in [7, 11) is 0. The summed E-state index contributed by atoms with van der Waals surface area (Å²) in [6.07, 6.45) is 1.09. The zero-order valence-corrected chi connectivity index (χ0v) is 8.20. The maximum atomic E-state index is 12.6. The van der Waals surface area contributed by atoms with Crippen LogP contribution in [0.1, 0.15) is 10.5 Å². The first-order valence-electron chi connectivity index (χ1n) is 4.59. The molecular formula is C11H9FN2O2. The van der Waals surface area contributed by atoms with Crippen LogP contribution in [0.4, 0.5) is 10.1 Å². The van der Waals surface area contributed by atoms with E-state index in [-0.39, 0.29) is 11.4 Å². The Morgan fingerprint density at radius 3 is 2.81 bits per heavy atom. The lowest BCUT2D eigenvalue weighted by Crippen LogP contribution is -2.11. The van der Waals surface area contributed by atoms with Gasteiger partial charge in [0.2, 0.25) is 0 Å². The van der Waals surface area contributed by atoms with E-state index >= 15 is 0 Å². The Hall–Kier alpha value is -2.30. The van der Waals surface area contributed by atoms with E-state index in [1.54, 1.807) is 12.1 Å². The van der Waals surface area contributed by atoms with Gasteiger partial charge in [0, 0.05) is 24.0 Å². The first-order chi connectivity index (χ1) is 7.65. The second kappa shape index (κ2) is 4.06. The van der Waals surface area contributed by atoms with Crippen molar-refractivity contribution >= 4 is 11.6 Å². The van der Waals surface area contributed by atoms with Crippen LogP contribution in [0, 0.1) is 5.82 Å². The number of phenolic OH excluding ortho intramolecular Hbond substituents is 1. The van der Waals surface area contributed by atoms with E-state index in [4.69, 9.17) is 0 Å². The molecule has 0 aliphatic heterocycles. The van der Waals surface area contributed by atoms with E-state index in [9.17, 15) is 14.3 Å². The Balaban J connectivity index is 2.13. The molecule has 2 aromatic rings. The quantitative estimate of drug-likeness (QED) is 0.725. The van der Waals surface area contributed by atoms with E-state index in [2.05, 4.69) is 10.3 Å². The molecule has 0 atom stereocenters. The Bertz CT molecular complexity index is 522. The van der Waals surface area contributed by atoms with E-state index in [0.717, 1.165) is 12.3 Å². The van der Waals surface area contributed by atoms with Crippen LogP contribution in [-0.2, 0) is 0 Å². The number of halogens is 1. The molecule has 0 radical (unpaired) electrons. The molecule has 1 aromatic carbocycles. The van der Waals surface area contributed by atoms with Crippen molar-refractivity contribution in [2.45, 2.75) is 0 Å². The number of benzene rings is 1. The minimum Gasteiger partial charge on any atom is -0.508 e. The number of phenols is 1. The first kappa shape index (κ1) is 10.2. The van der Waals surface area contributed by atoms with Crippen LogP contribution in [-0.4, -0.2) is 16.0 Å². The average molecular weight is 220 g/mol. The van der Waals surface area contributed by atoms with Gasteiger partial charge < -0.3 is 15.4 Å². The Kier molecular flexibility index (Phi) is 2.59. The van der Waals surface area contributed by atoms with Gasteiger partial charge in [-0.3, -0.25) is 4.79 Å². The molecule has 3 N–H and O–H groups in total. The van der Waals surface area contributed by atoms with Crippen LogP contribution in [0.25, 0.3) is 0 Å². The van der Waals surface area contributed by atoms with Crippen molar-refractivity contribution in [3.8, 4) is 5.75 Å². The highest BCUT2D eigenvalue weighted by atomic mass is 19.1. The van der Waals surface area contributed by atoms with Crippen molar-refractivity contribution in [2.24, 2.45) is 0 Å². The lowest BCUT2D eigenvalue weighted by Gasteiger charge is -2.03. The van der Waals surface area contributed by atoms with Crippen LogP contribution >= 0.6 is 0 Å². The van der Waals surface area contributed by atoms with Crippen LogP contribution in [0.2, 0.25) is 0 Å². The zero-order valence-electron chi connectivity index (χ0n) is 8.20. The van der Waals surface area contributed by atoms with E-state index in [0.29, 0.717) is 5.69 Å². The molecule has 1 amide bonds. The number of anilines is 1. The summed E-state index contributed by atoms with van der Waals surface area (Å²) in [5, 5.41) is 11.7. The lowest BCUT2D eigenvalue weighted by atomic mass is 10.3. The number of aromatic nitrogens is 1. The van der Waals surface area contributed by atoms with Gasteiger partial charge in [-0.05, 0) is 12.1 Å². The van der Waals surface area contributed by atoms with E-state index in [1.165, 1.54) is 12.1 Å². The molecule has 0 aliphatic rings. The highest BCUT2D eigenvalue weighted by Gasteiger charge is 2.08. The number of rotatable bonds is 2. The summed E-state index contributed by atoms with van der Waals surface area (Å²) in [6.45, 7) is 0. The van der Waals surface area contributed by atoms with E-state index in [1.807, 2.05) is 0 Å².